The van der Waals surface area contributed by atoms with E-state index in [1.54, 1.807) is 24.9 Å². The summed E-state index contributed by atoms with van der Waals surface area (Å²) in [5.74, 6) is 0.837. The van der Waals surface area contributed by atoms with Crippen LogP contribution in [0, 0.1) is 0 Å². The summed E-state index contributed by atoms with van der Waals surface area (Å²) in [4.78, 5) is 26.3. The molecule has 5 heterocycles. The molecule has 7 nitrogen and oxygen atoms in total. The zero-order valence-corrected chi connectivity index (χ0v) is 16.7. The molecule has 0 bridgehead atoms. The van der Waals surface area contributed by atoms with Crippen molar-refractivity contribution in [3.63, 3.8) is 0 Å². The van der Waals surface area contributed by atoms with E-state index in [1.165, 1.54) is 0 Å². The summed E-state index contributed by atoms with van der Waals surface area (Å²) in [6, 6.07) is 11.7. The number of carbonyl (C=O) groups is 1. The van der Waals surface area contributed by atoms with Gasteiger partial charge in [-0.2, -0.15) is 0 Å². The number of pyridine rings is 2. The number of morpholine rings is 1. The second kappa shape index (κ2) is 8.01. The van der Waals surface area contributed by atoms with Gasteiger partial charge in [-0.1, -0.05) is 6.07 Å². The van der Waals surface area contributed by atoms with Crippen LogP contribution in [-0.2, 0) is 22.6 Å². The van der Waals surface area contributed by atoms with Crippen LogP contribution in [0.4, 0.5) is 0 Å². The number of carbonyl (C=O) groups excluding carboxylic acids is 1. The fourth-order valence-corrected chi connectivity index (χ4v) is 4.60. The molecular weight excluding hydrogens is 380 g/mol. The maximum Gasteiger partial charge on any atom is 0.257 e. The fraction of sp³-hybridized carbons (Fsp3) is 0.348. The van der Waals surface area contributed by atoms with Crippen molar-refractivity contribution in [1.29, 1.82) is 0 Å². The predicted molar refractivity (Wildman–Crippen MR) is 109 cm³/mol. The Hall–Kier alpha value is -3.03. The molecule has 2 fully saturated rings. The molecule has 2 aliphatic heterocycles. The number of amides is 1. The normalized spacial score (nSPS) is 24.6. The lowest BCUT2D eigenvalue weighted by Gasteiger charge is -2.42. The zero-order valence-electron chi connectivity index (χ0n) is 16.7. The molecule has 0 radical (unpaired) electrons. The molecule has 154 valence electrons. The number of likely N-dealkylation sites (tertiary alicyclic amines) is 1. The van der Waals surface area contributed by atoms with Crippen LogP contribution >= 0.6 is 0 Å². The lowest BCUT2D eigenvalue weighted by Crippen LogP contribution is -2.59. The molecule has 0 N–H and O–H groups in total. The van der Waals surface area contributed by atoms with E-state index in [9.17, 15) is 4.79 Å². The molecule has 0 unspecified atom stereocenters. The smallest absolute Gasteiger partial charge is 0.257 e. The highest BCUT2D eigenvalue weighted by Crippen LogP contribution is 2.42. The third kappa shape index (κ3) is 3.51. The Morgan fingerprint density at radius 3 is 2.73 bits per heavy atom. The fourth-order valence-electron chi connectivity index (χ4n) is 4.60. The van der Waals surface area contributed by atoms with Crippen molar-refractivity contribution in [3.8, 4) is 0 Å². The summed E-state index contributed by atoms with van der Waals surface area (Å²) >= 11 is 0. The Kier molecular flexibility index (Phi) is 5.06. The van der Waals surface area contributed by atoms with Gasteiger partial charge in [0.1, 0.15) is 5.76 Å². The van der Waals surface area contributed by atoms with Gasteiger partial charge in [-0.05, 0) is 41.5 Å². The lowest BCUT2D eigenvalue weighted by atomic mass is 9.83. The molecule has 2 aliphatic rings. The van der Waals surface area contributed by atoms with E-state index >= 15 is 0 Å². The topological polar surface area (TPSA) is 71.7 Å². The van der Waals surface area contributed by atoms with Crippen LogP contribution in [0.25, 0.3) is 0 Å². The first-order chi connectivity index (χ1) is 14.7. The molecular formula is C23H24N4O3. The van der Waals surface area contributed by atoms with Crippen LogP contribution in [0.15, 0.2) is 71.9 Å². The van der Waals surface area contributed by atoms with Gasteiger partial charge in [0.2, 0.25) is 0 Å². The maximum absolute atomic E-state index is 13.8. The number of hydrogen-bond acceptors (Lipinski definition) is 6. The Morgan fingerprint density at radius 2 is 1.97 bits per heavy atom. The molecule has 2 atom stereocenters. The largest absolute Gasteiger partial charge is 0.468 e. The van der Waals surface area contributed by atoms with E-state index in [4.69, 9.17) is 9.15 Å². The van der Waals surface area contributed by atoms with Crippen molar-refractivity contribution in [1.82, 2.24) is 19.8 Å². The third-order valence-electron chi connectivity index (χ3n) is 6.00. The van der Waals surface area contributed by atoms with Crippen molar-refractivity contribution in [3.05, 3.63) is 84.3 Å². The van der Waals surface area contributed by atoms with Gasteiger partial charge in [-0.25, -0.2) is 0 Å². The second-order valence-corrected chi connectivity index (χ2v) is 7.91. The molecule has 0 saturated carbocycles. The lowest BCUT2D eigenvalue weighted by molar-refractivity contribution is -0.173. The number of ether oxygens (including phenoxy) is 1. The average molecular weight is 404 g/mol. The molecule has 3 aromatic rings. The minimum atomic E-state index is -0.916. The summed E-state index contributed by atoms with van der Waals surface area (Å²) in [5, 5.41) is 0. The molecule has 5 rings (SSSR count). The van der Waals surface area contributed by atoms with Gasteiger partial charge < -0.3 is 14.1 Å². The van der Waals surface area contributed by atoms with Gasteiger partial charge in [-0.3, -0.25) is 19.7 Å². The molecule has 0 aromatic carbocycles. The maximum atomic E-state index is 13.8. The SMILES string of the molecule is O=C1N(Cc2ccncc2)CCO[C@@]12CN(Cc1ccco1)C[C@H]2c1cccnc1. The number of furan rings is 1. The van der Waals surface area contributed by atoms with Crippen molar-refractivity contribution in [2.75, 3.05) is 26.2 Å². The van der Waals surface area contributed by atoms with Crippen LogP contribution in [0.2, 0.25) is 0 Å². The van der Waals surface area contributed by atoms with Gasteiger partial charge in [0.15, 0.2) is 5.60 Å². The Balaban J connectivity index is 1.45. The number of aromatic nitrogens is 2. The summed E-state index contributed by atoms with van der Waals surface area (Å²) in [6.45, 7) is 3.54. The van der Waals surface area contributed by atoms with Crippen molar-refractivity contribution in [2.24, 2.45) is 0 Å². The summed E-state index contributed by atoms with van der Waals surface area (Å²) in [5.41, 5.74) is 1.18. The molecule has 2 saturated heterocycles. The van der Waals surface area contributed by atoms with E-state index in [-0.39, 0.29) is 11.8 Å². The summed E-state index contributed by atoms with van der Waals surface area (Å²) < 4.78 is 11.9. The summed E-state index contributed by atoms with van der Waals surface area (Å²) in [6.07, 6.45) is 8.80. The van der Waals surface area contributed by atoms with Gasteiger partial charge in [0.25, 0.3) is 5.91 Å². The van der Waals surface area contributed by atoms with Crippen LogP contribution in [0.5, 0.6) is 0 Å². The molecule has 3 aromatic heterocycles. The first-order valence-electron chi connectivity index (χ1n) is 10.2. The second-order valence-electron chi connectivity index (χ2n) is 7.91. The monoisotopic (exact) mass is 404 g/mol. The van der Waals surface area contributed by atoms with E-state index < -0.39 is 5.60 Å². The Labute approximate surface area is 175 Å². The Morgan fingerprint density at radius 1 is 1.07 bits per heavy atom. The first kappa shape index (κ1) is 19.0. The van der Waals surface area contributed by atoms with Crippen LogP contribution < -0.4 is 0 Å². The first-order valence-corrected chi connectivity index (χ1v) is 10.2. The van der Waals surface area contributed by atoms with Crippen LogP contribution in [-0.4, -0.2) is 57.5 Å². The molecule has 0 aliphatic carbocycles. The standard InChI is InChI=1S/C23H24N4O3/c28-22-23(30-12-10-27(22)14-18-5-8-24-9-6-18)17-26(15-20-4-2-11-29-20)16-21(23)19-3-1-7-25-13-19/h1-9,11,13,21H,10,12,14-17H2/t21-,23+/m0/s1. The van der Waals surface area contributed by atoms with Gasteiger partial charge in [0, 0.05) is 56.9 Å². The average Bonchev–Trinajstić information content (AvgIpc) is 3.42. The highest BCUT2D eigenvalue weighted by Gasteiger charge is 2.57. The third-order valence-corrected chi connectivity index (χ3v) is 6.00. The van der Waals surface area contributed by atoms with Gasteiger partial charge in [0.05, 0.1) is 19.4 Å². The molecule has 30 heavy (non-hydrogen) atoms. The summed E-state index contributed by atoms with van der Waals surface area (Å²) in [7, 11) is 0. The zero-order chi connectivity index (χ0) is 20.4. The van der Waals surface area contributed by atoms with Crippen LogP contribution in [0.1, 0.15) is 22.8 Å². The van der Waals surface area contributed by atoms with Crippen LogP contribution in [0.3, 0.4) is 0 Å². The highest BCUT2D eigenvalue weighted by atomic mass is 16.5. The number of rotatable bonds is 5. The van der Waals surface area contributed by atoms with Crippen molar-refractivity contribution < 1.29 is 13.9 Å². The van der Waals surface area contributed by atoms with E-state index in [1.807, 2.05) is 47.5 Å². The van der Waals surface area contributed by atoms with Crippen molar-refractivity contribution in [2.45, 2.75) is 24.6 Å². The van der Waals surface area contributed by atoms with Gasteiger partial charge in [-0.15, -0.1) is 0 Å². The van der Waals surface area contributed by atoms with E-state index in [0.29, 0.717) is 39.3 Å². The number of nitrogens with zero attached hydrogens (tertiary/aromatic N) is 4. The molecule has 1 spiro atoms. The van der Waals surface area contributed by atoms with E-state index in [0.717, 1.165) is 16.9 Å². The minimum absolute atomic E-state index is 0.0429. The minimum Gasteiger partial charge on any atom is -0.468 e. The molecule has 1 amide bonds. The highest BCUT2D eigenvalue weighted by molar-refractivity contribution is 5.88. The molecule has 7 heteroatoms. The quantitative estimate of drug-likeness (QED) is 0.651. The predicted octanol–water partition coefficient (Wildman–Crippen LogP) is 2.47. The number of hydrogen-bond donors (Lipinski definition) is 0. The van der Waals surface area contributed by atoms with E-state index in [2.05, 4.69) is 14.9 Å². The van der Waals surface area contributed by atoms with Gasteiger partial charge >= 0.3 is 0 Å². The Bertz CT molecular complexity index is 980. The van der Waals surface area contributed by atoms with Crippen molar-refractivity contribution >= 4 is 5.91 Å².